The van der Waals surface area contributed by atoms with Crippen LogP contribution in [0.2, 0.25) is 0 Å². The molecule has 2 aromatic rings. The summed E-state index contributed by atoms with van der Waals surface area (Å²) >= 11 is 0. The maximum atomic E-state index is 12.3. The van der Waals surface area contributed by atoms with E-state index in [-0.39, 0.29) is 22.6 Å². The number of nitrogens with one attached hydrogen (secondary N) is 1. The maximum Gasteiger partial charge on any atom is 0.270 e. The third-order valence-electron chi connectivity index (χ3n) is 3.30. The van der Waals surface area contributed by atoms with Gasteiger partial charge < -0.3 is 5.32 Å². The van der Waals surface area contributed by atoms with Crippen molar-refractivity contribution in [2.45, 2.75) is 26.2 Å². The van der Waals surface area contributed by atoms with Gasteiger partial charge in [-0.25, -0.2) is 0 Å². The van der Waals surface area contributed by atoms with Crippen molar-refractivity contribution in [2.75, 3.05) is 5.32 Å². The number of amides is 1. The zero-order valence-electron chi connectivity index (χ0n) is 12.8. The van der Waals surface area contributed by atoms with E-state index in [2.05, 4.69) is 26.1 Å². The van der Waals surface area contributed by atoms with Gasteiger partial charge in [0.15, 0.2) is 0 Å². The van der Waals surface area contributed by atoms with Crippen molar-refractivity contribution in [1.29, 1.82) is 0 Å². The third kappa shape index (κ3) is 3.49. The summed E-state index contributed by atoms with van der Waals surface area (Å²) in [6.07, 6.45) is 0. The van der Waals surface area contributed by atoms with Gasteiger partial charge in [0.25, 0.3) is 11.6 Å². The molecular weight excluding hydrogens is 280 g/mol. The molecule has 0 heterocycles. The normalized spacial score (nSPS) is 11.0. The molecule has 1 amide bonds. The zero-order chi connectivity index (χ0) is 16.3. The minimum Gasteiger partial charge on any atom is -0.322 e. The van der Waals surface area contributed by atoms with Crippen LogP contribution in [0.3, 0.4) is 0 Å². The first-order valence-electron chi connectivity index (χ1n) is 6.94. The van der Waals surface area contributed by atoms with Crippen LogP contribution < -0.4 is 5.32 Å². The fourth-order valence-corrected chi connectivity index (χ4v) is 2.20. The van der Waals surface area contributed by atoms with E-state index in [9.17, 15) is 14.9 Å². The molecule has 0 radical (unpaired) electrons. The van der Waals surface area contributed by atoms with Crippen LogP contribution in [0, 0.1) is 10.1 Å². The number of carbonyl (C=O) groups excluding carboxylic acids is 1. The summed E-state index contributed by atoms with van der Waals surface area (Å²) in [5.41, 5.74) is 1.77. The largest absolute Gasteiger partial charge is 0.322 e. The Bertz CT molecular complexity index is 718. The number of nitrogens with zero attached hydrogens (tertiary/aromatic N) is 1. The molecule has 5 nitrogen and oxygen atoms in total. The van der Waals surface area contributed by atoms with E-state index < -0.39 is 4.92 Å². The number of hydrogen-bond donors (Lipinski definition) is 1. The Hall–Kier alpha value is -2.69. The fraction of sp³-hybridized carbons (Fsp3) is 0.235. The number of hydrogen-bond acceptors (Lipinski definition) is 3. The average Bonchev–Trinajstić information content (AvgIpc) is 2.46. The van der Waals surface area contributed by atoms with Crippen LogP contribution >= 0.6 is 0 Å². The maximum absolute atomic E-state index is 12.3. The molecule has 0 atom stereocenters. The van der Waals surface area contributed by atoms with E-state index >= 15 is 0 Å². The van der Waals surface area contributed by atoms with Gasteiger partial charge in [0, 0.05) is 23.4 Å². The second kappa shape index (κ2) is 5.97. The van der Waals surface area contributed by atoms with Crippen LogP contribution in [-0.4, -0.2) is 10.8 Å². The molecule has 114 valence electrons. The lowest BCUT2D eigenvalue weighted by atomic mass is 9.86. The zero-order valence-corrected chi connectivity index (χ0v) is 12.8. The number of para-hydroxylation sites is 1. The molecule has 0 aliphatic rings. The molecule has 0 aromatic heterocycles. The standard InChI is InChI=1S/C17H18N2O3/c1-17(2,3)14-9-4-5-10-15(14)18-16(20)12-7-6-8-13(11-12)19(21)22/h4-11H,1-3H3,(H,18,20). The number of anilines is 1. The van der Waals surface area contributed by atoms with Gasteiger partial charge >= 0.3 is 0 Å². The monoisotopic (exact) mass is 298 g/mol. The van der Waals surface area contributed by atoms with E-state index in [1.165, 1.54) is 18.2 Å². The molecule has 0 aliphatic carbocycles. The molecule has 0 unspecified atom stereocenters. The molecule has 0 spiro atoms. The minimum absolute atomic E-state index is 0.100. The number of carbonyl (C=O) groups is 1. The molecular formula is C17H18N2O3. The number of non-ortho nitro benzene ring substituents is 1. The second-order valence-corrected chi connectivity index (χ2v) is 6.06. The predicted octanol–water partition coefficient (Wildman–Crippen LogP) is 4.14. The first kappa shape index (κ1) is 15.7. The highest BCUT2D eigenvalue weighted by Crippen LogP contribution is 2.29. The van der Waals surface area contributed by atoms with Gasteiger partial charge in [0.1, 0.15) is 0 Å². The van der Waals surface area contributed by atoms with Crippen molar-refractivity contribution in [1.82, 2.24) is 0 Å². The fourth-order valence-electron chi connectivity index (χ4n) is 2.20. The molecule has 0 fully saturated rings. The van der Waals surface area contributed by atoms with E-state index in [1.807, 2.05) is 24.3 Å². The van der Waals surface area contributed by atoms with E-state index in [0.29, 0.717) is 5.69 Å². The topological polar surface area (TPSA) is 72.2 Å². The van der Waals surface area contributed by atoms with Gasteiger partial charge in [-0.2, -0.15) is 0 Å². The molecule has 22 heavy (non-hydrogen) atoms. The molecule has 1 N–H and O–H groups in total. The molecule has 5 heteroatoms. The lowest BCUT2D eigenvalue weighted by Crippen LogP contribution is -2.18. The van der Waals surface area contributed by atoms with E-state index in [4.69, 9.17) is 0 Å². The summed E-state index contributed by atoms with van der Waals surface area (Å²) in [5.74, 6) is -0.361. The van der Waals surface area contributed by atoms with Gasteiger partial charge in [0.2, 0.25) is 0 Å². The Balaban J connectivity index is 2.30. The number of rotatable bonds is 3. The van der Waals surface area contributed by atoms with Crippen molar-refractivity contribution in [3.63, 3.8) is 0 Å². The van der Waals surface area contributed by atoms with Crippen LogP contribution in [0.5, 0.6) is 0 Å². The lowest BCUT2D eigenvalue weighted by Gasteiger charge is -2.23. The highest BCUT2D eigenvalue weighted by Gasteiger charge is 2.19. The molecule has 0 aliphatic heterocycles. The van der Waals surface area contributed by atoms with Crippen molar-refractivity contribution in [3.05, 3.63) is 69.8 Å². The summed E-state index contributed by atoms with van der Waals surface area (Å²) in [6, 6.07) is 13.3. The van der Waals surface area contributed by atoms with Crippen molar-refractivity contribution in [3.8, 4) is 0 Å². The first-order chi connectivity index (χ1) is 10.3. The number of nitro groups is 1. The van der Waals surface area contributed by atoms with Crippen LogP contribution in [0.4, 0.5) is 11.4 Å². The second-order valence-electron chi connectivity index (χ2n) is 6.06. The number of nitro benzene ring substituents is 1. The molecule has 2 aromatic carbocycles. The van der Waals surface area contributed by atoms with Gasteiger partial charge in [0.05, 0.1) is 4.92 Å². The van der Waals surface area contributed by atoms with Crippen LogP contribution in [0.25, 0.3) is 0 Å². The Morgan fingerprint density at radius 3 is 2.41 bits per heavy atom. The third-order valence-corrected chi connectivity index (χ3v) is 3.30. The van der Waals surface area contributed by atoms with E-state index in [1.54, 1.807) is 6.07 Å². The minimum atomic E-state index is -0.514. The summed E-state index contributed by atoms with van der Waals surface area (Å²) in [6.45, 7) is 6.18. The van der Waals surface area contributed by atoms with Gasteiger partial charge in [-0.3, -0.25) is 14.9 Å². The summed E-state index contributed by atoms with van der Waals surface area (Å²) in [5, 5.41) is 13.6. The average molecular weight is 298 g/mol. The highest BCUT2D eigenvalue weighted by atomic mass is 16.6. The Labute approximate surface area is 129 Å². The predicted molar refractivity (Wildman–Crippen MR) is 86.2 cm³/mol. The van der Waals surface area contributed by atoms with Crippen molar-refractivity contribution < 1.29 is 9.72 Å². The van der Waals surface area contributed by atoms with E-state index in [0.717, 1.165) is 5.56 Å². The molecule has 0 saturated carbocycles. The Morgan fingerprint density at radius 2 is 1.77 bits per heavy atom. The Kier molecular flexibility index (Phi) is 4.26. The van der Waals surface area contributed by atoms with Crippen LogP contribution in [0.15, 0.2) is 48.5 Å². The SMILES string of the molecule is CC(C)(C)c1ccccc1NC(=O)c1cccc([N+](=O)[O-])c1. The van der Waals surface area contributed by atoms with Crippen LogP contribution in [0.1, 0.15) is 36.7 Å². The number of benzene rings is 2. The quantitative estimate of drug-likeness (QED) is 0.683. The lowest BCUT2D eigenvalue weighted by molar-refractivity contribution is -0.384. The van der Waals surface area contributed by atoms with Crippen molar-refractivity contribution in [2.24, 2.45) is 0 Å². The molecule has 2 rings (SSSR count). The smallest absolute Gasteiger partial charge is 0.270 e. The Morgan fingerprint density at radius 1 is 1.09 bits per heavy atom. The first-order valence-corrected chi connectivity index (χ1v) is 6.94. The summed E-state index contributed by atoms with van der Waals surface area (Å²) < 4.78 is 0. The summed E-state index contributed by atoms with van der Waals surface area (Å²) in [7, 11) is 0. The van der Waals surface area contributed by atoms with Crippen LogP contribution in [-0.2, 0) is 5.41 Å². The summed E-state index contributed by atoms with van der Waals surface area (Å²) in [4.78, 5) is 22.6. The van der Waals surface area contributed by atoms with Gasteiger partial charge in [-0.1, -0.05) is 45.0 Å². The molecule has 0 bridgehead atoms. The van der Waals surface area contributed by atoms with Gasteiger partial charge in [-0.15, -0.1) is 0 Å². The highest BCUT2D eigenvalue weighted by molar-refractivity contribution is 6.05. The molecule has 0 saturated heterocycles. The van der Waals surface area contributed by atoms with Crippen molar-refractivity contribution >= 4 is 17.3 Å². The van der Waals surface area contributed by atoms with Gasteiger partial charge in [-0.05, 0) is 23.1 Å².